The number of halogens is 2. The fourth-order valence-corrected chi connectivity index (χ4v) is 2.54. The Morgan fingerprint density at radius 2 is 2.13 bits per heavy atom. The minimum Gasteiger partial charge on any atom is -0.398 e. The molecule has 1 aromatic heterocycles. The molecule has 3 N–H and O–H groups in total. The van der Waals surface area contributed by atoms with Crippen LogP contribution in [0, 0.1) is 0 Å². The van der Waals surface area contributed by atoms with E-state index < -0.39 is 0 Å². The summed E-state index contributed by atoms with van der Waals surface area (Å²) in [5.41, 5.74) is 8.52. The molecule has 0 radical (unpaired) electrons. The van der Waals surface area contributed by atoms with E-state index in [4.69, 9.17) is 28.9 Å². The summed E-state index contributed by atoms with van der Waals surface area (Å²) in [6, 6.07) is 1.82. The molecule has 3 rings (SSSR count). The highest BCUT2D eigenvalue weighted by Crippen LogP contribution is 2.48. The zero-order valence-corrected chi connectivity index (χ0v) is 9.36. The highest BCUT2D eigenvalue weighted by molar-refractivity contribution is 6.37. The van der Waals surface area contributed by atoms with Gasteiger partial charge in [0.2, 0.25) is 0 Å². The quantitative estimate of drug-likeness (QED) is 0.753. The van der Waals surface area contributed by atoms with Crippen molar-refractivity contribution in [2.75, 3.05) is 5.73 Å². The number of hydrogen-bond acceptors (Lipinski definition) is 2. The van der Waals surface area contributed by atoms with Gasteiger partial charge in [-0.15, -0.1) is 0 Å². The molecule has 1 aromatic carbocycles. The molecule has 3 nitrogen and oxygen atoms in total. The van der Waals surface area contributed by atoms with Gasteiger partial charge in [0, 0.05) is 10.7 Å². The predicted molar refractivity (Wildman–Crippen MR) is 62.5 cm³/mol. The topological polar surface area (TPSA) is 54.7 Å². The number of nitrogen functional groups attached to an aromatic ring is 1. The lowest BCUT2D eigenvalue weighted by molar-refractivity contribution is 1.12. The van der Waals surface area contributed by atoms with E-state index in [-0.39, 0.29) is 0 Å². The summed E-state index contributed by atoms with van der Waals surface area (Å²) >= 11 is 12.2. The molecular weight excluding hydrogens is 233 g/mol. The molecule has 0 atom stereocenters. The Morgan fingerprint density at radius 3 is 2.80 bits per heavy atom. The van der Waals surface area contributed by atoms with Gasteiger partial charge in [0.25, 0.3) is 0 Å². The van der Waals surface area contributed by atoms with Crippen LogP contribution >= 0.6 is 23.2 Å². The third kappa shape index (κ3) is 1.30. The van der Waals surface area contributed by atoms with Crippen LogP contribution in [0.1, 0.15) is 24.3 Å². The molecule has 78 valence electrons. The number of hydrogen-bond donors (Lipinski definition) is 2. The van der Waals surface area contributed by atoms with Crippen molar-refractivity contribution < 1.29 is 0 Å². The van der Waals surface area contributed by atoms with Crippen LogP contribution in [-0.2, 0) is 0 Å². The maximum absolute atomic E-state index is 6.18. The fraction of sp³-hybridized carbons (Fsp3) is 0.300. The molecule has 15 heavy (non-hydrogen) atoms. The lowest BCUT2D eigenvalue weighted by Gasteiger charge is -2.07. The molecule has 1 heterocycles. The first-order valence-electron chi connectivity index (χ1n) is 4.80. The van der Waals surface area contributed by atoms with Gasteiger partial charge in [-0.05, 0) is 30.4 Å². The summed E-state index contributed by atoms with van der Waals surface area (Å²) in [6.45, 7) is 0. The standard InChI is InChI=1S/C10H9Cl2N3/c11-5-3-6-8(10(12)15-14-6)9(13)7(5)4-1-2-4/h3-4H,1-2,13H2,(H,14,15). The average molecular weight is 242 g/mol. The number of nitrogens with two attached hydrogens (primary N) is 1. The van der Waals surface area contributed by atoms with E-state index in [1.54, 1.807) is 0 Å². The Hall–Kier alpha value is -0.930. The largest absolute Gasteiger partial charge is 0.398 e. The lowest BCUT2D eigenvalue weighted by atomic mass is 10.1. The van der Waals surface area contributed by atoms with Crippen molar-refractivity contribution >= 4 is 39.8 Å². The van der Waals surface area contributed by atoms with E-state index in [0.717, 1.165) is 29.3 Å². The summed E-state index contributed by atoms with van der Waals surface area (Å²) in [5.74, 6) is 0.507. The normalized spacial score (nSPS) is 16.1. The van der Waals surface area contributed by atoms with Gasteiger partial charge < -0.3 is 5.73 Å². The van der Waals surface area contributed by atoms with E-state index in [1.165, 1.54) is 0 Å². The second-order valence-electron chi connectivity index (χ2n) is 3.89. The Balaban J connectivity index is 2.38. The van der Waals surface area contributed by atoms with E-state index in [0.29, 0.717) is 21.8 Å². The molecule has 5 heteroatoms. The molecule has 0 saturated heterocycles. The van der Waals surface area contributed by atoms with Gasteiger partial charge in [0.15, 0.2) is 0 Å². The monoisotopic (exact) mass is 241 g/mol. The number of fused-ring (bicyclic) bond motifs is 1. The molecule has 1 fully saturated rings. The second kappa shape index (κ2) is 3.03. The zero-order valence-electron chi connectivity index (χ0n) is 7.85. The maximum Gasteiger partial charge on any atom is 0.134 e. The Kier molecular flexibility index (Phi) is 1.88. The van der Waals surface area contributed by atoms with Crippen LogP contribution in [0.2, 0.25) is 10.2 Å². The zero-order chi connectivity index (χ0) is 10.6. The molecule has 0 bridgehead atoms. The third-order valence-electron chi connectivity index (χ3n) is 2.82. The first kappa shape index (κ1) is 9.31. The van der Waals surface area contributed by atoms with Crippen molar-refractivity contribution in [1.82, 2.24) is 10.2 Å². The average Bonchev–Trinajstić information content (AvgIpc) is 2.92. The second-order valence-corrected chi connectivity index (χ2v) is 4.68. The van der Waals surface area contributed by atoms with Crippen LogP contribution in [-0.4, -0.2) is 10.2 Å². The SMILES string of the molecule is Nc1c(C2CC2)c(Cl)cc2n[nH]c(Cl)c12. The minimum atomic E-state index is 0.487. The molecule has 0 amide bonds. The van der Waals surface area contributed by atoms with Gasteiger partial charge in [-0.2, -0.15) is 5.10 Å². The summed E-state index contributed by atoms with van der Waals surface area (Å²) < 4.78 is 0. The van der Waals surface area contributed by atoms with E-state index in [2.05, 4.69) is 10.2 Å². The molecule has 0 unspecified atom stereocenters. The number of nitrogens with zero attached hydrogens (tertiary/aromatic N) is 1. The smallest absolute Gasteiger partial charge is 0.134 e. The van der Waals surface area contributed by atoms with Crippen molar-refractivity contribution in [2.24, 2.45) is 0 Å². The van der Waals surface area contributed by atoms with Crippen molar-refractivity contribution in [1.29, 1.82) is 0 Å². The number of H-pyrrole nitrogens is 1. The lowest BCUT2D eigenvalue weighted by Crippen LogP contribution is -1.94. The Labute approximate surface area is 96.5 Å². The summed E-state index contributed by atoms with van der Waals surface area (Å²) in [7, 11) is 0. The highest BCUT2D eigenvalue weighted by Gasteiger charge is 2.29. The van der Waals surface area contributed by atoms with Gasteiger partial charge in [-0.25, -0.2) is 0 Å². The first-order chi connectivity index (χ1) is 7.18. The van der Waals surface area contributed by atoms with E-state index >= 15 is 0 Å². The summed E-state index contributed by atoms with van der Waals surface area (Å²) in [6.07, 6.45) is 2.32. The fourth-order valence-electron chi connectivity index (χ4n) is 1.94. The first-order valence-corrected chi connectivity index (χ1v) is 5.55. The number of aromatic nitrogens is 2. The van der Waals surface area contributed by atoms with Gasteiger partial charge in [0.05, 0.1) is 10.9 Å². The maximum atomic E-state index is 6.18. The van der Waals surface area contributed by atoms with Crippen LogP contribution in [0.4, 0.5) is 5.69 Å². The number of aromatic amines is 1. The van der Waals surface area contributed by atoms with Crippen LogP contribution in [0.25, 0.3) is 10.9 Å². The molecule has 1 aliphatic carbocycles. The number of rotatable bonds is 1. The Morgan fingerprint density at radius 1 is 1.40 bits per heavy atom. The molecular formula is C10H9Cl2N3. The number of nitrogens with one attached hydrogen (secondary N) is 1. The van der Waals surface area contributed by atoms with Gasteiger partial charge in [0.1, 0.15) is 5.15 Å². The summed E-state index contributed by atoms with van der Waals surface area (Å²) in [4.78, 5) is 0. The van der Waals surface area contributed by atoms with Crippen LogP contribution in [0.5, 0.6) is 0 Å². The van der Waals surface area contributed by atoms with E-state index in [1.807, 2.05) is 6.07 Å². The molecule has 0 aliphatic heterocycles. The van der Waals surface area contributed by atoms with Crippen LogP contribution in [0.15, 0.2) is 6.07 Å². The molecule has 2 aromatic rings. The number of benzene rings is 1. The summed E-state index contributed by atoms with van der Waals surface area (Å²) in [5, 5.41) is 8.73. The molecule has 1 aliphatic rings. The van der Waals surface area contributed by atoms with Crippen molar-refractivity contribution in [2.45, 2.75) is 18.8 Å². The van der Waals surface area contributed by atoms with Gasteiger partial charge in [-0.1, -0.05) is 23.2 Å². The van der Waals surface area contributed by atoms with Gasteiger partial charge >= 0.3 is 0 Å². The minimum absolute atomic E-state index is 0.487. The van der Waals surface area contributed by atoms with Crippen LogP contribution in [0.3, 0.4) is 0 Å². The van der Waals surface area contributed by atoms with E-state index in [9.17, 15) is 0 Å². The van der Waals surface area contributed by atoms with Crippen molar-refractivity contribution in [3.63, 3.8) is 0 Å². The van der Waals surface area contributed by atoms with Gasteiger partial charge in [-0.3, -0.25) is 5.10 Å². The molecule has 1 saturated carbocycles. The highest BCUT2D eigenvalue weighted by atomic mass is 35.5. The third-order valence-corrected chi connectivity index (χ3v) is 3.40. The predicted octanol–water partition coefficient (Wildman–Crippen LogP) is 3.33. The molecule has 0 spiro atoms. The Bertz CT molecular complexity index is 543. The number of anilines is 1. The van der Waals surface area contributed by atoms with Crippen molar-refractivity contribution in [3.8, 4) is 0 Å². The van der Waals surface area contributed by atoms with Crippen molar-refractivity contribution in [3.05, 3.63) is 21.8 Å². The van der Waals surface area contributed by atoms with Crippen LogP contribution < -0.4 is 5.73 Å².